The van der Waals surface area contributed by atoms with E-state index < -0.39 is 0 Å². The minimum Gasteiger partial charge on any atom is -0.450 e. The van der Waals surface area contributed by atoms with E-state index in [0.29, 0.717) is 29.1 Å². The number of aromatic nitrogens is 2. The molecule has 0 spiro atoms. The highest BCUT2D eigenvalue weighted by molar-refractivity contribution is 7.97. The van der Waals surface area contributed by atoms with E-state index in [1.54, 1.807) is 28.0 Å². The third kappa shape index (κ3) is 4.50. The molecular weight excluding hydrogens is 490 g/mol. The van der Waals surface area contributed by atoms with Crippen LogP contribution in [0.3, 0.4) is 0 Å². The molecule has 0 bridgehead atoms. The molecule has 9 heteroatoms. The van der Waals surface area contributed by atoms with Crippen molar-refractivity contribution < 1.29 is 14.3 Å². The molecule has 6 nitrogen and oxygen atoms in total. The average molecular weight is 514 g/mol. The third-order valence-electron chi connectivity index (χ3n) is 5.81. The minimum atomic E-state index is -0.320. The number of ether oxygens (including phenoxy) is 2. The van der Waals surface area contributed by atoms with E-state index in [-0.39, 0.29) is 12.1 Å². The summed E-state index contributed by atoms with van der Waals surface area (Å²) < 4.78 is 11.3. The van der Waals surface area contributed by atoms with E-state index in [4.69, 9.17) is 21.1 Å². The van der Waals surface area contributed by atoms with Crippen LogP contribution in [0.5, 0.6) is 10.9 Å². The number of thioether (sulfide) groups is 1. The molecule has 2 aromatic heterocycles. The van der Waals surface area contributed by atoms with Crippen LogP contribution in [0.15, 0.2) is 48.7 Å². The summed E-state index contributed by atoms with van der Waals surface area (Å²) in [6.07, 6.45) is 4.33. The van der Waals surface area contributed by atoms with Gasteiger partial charge in [-0.05, 0) is 61.1 Å². The molecule has 176 valence electrons. The molecule has 5 rings (SSSR count). The molecule has 1 N–H and O–H groups in total. The van der Waals surface area contributed by atoms with Gasteiger partial charge in [0.05, 0.1) is 6.61 Å². The van der Waals surface area contributed by atoms with Gasteiger partial charge in [-0.25, -0.2) is 9.78 Å². The van der Waals surface area contributed by atoms with Crippen molar-refractivity contribution >= 4 is 51.7 Å². The Morgan fingerprint density at radius 2 is 2.12 bits per heavy atom. The zero-order chi connectivity index (χ0) is 23.7. The summed E-state index contributed by atoms with van der Waals surface area (Å²) in [6.45, 7) is 2.71. The van der Waals surface area contributed by atoms with Crippen molar-refractivity contribution in [3.8, 4) is 10.9 Å². The number of rotatable bonds is 6. The van der Waals surface area contributed by atoms with Gasteiger partial charge in [0.1, 0.15) is 11.8 Å². The summed E-state index contributed by atoms with van der Waals surface area (Å²) in [5.41, 5.74) is 4.16. The third-order valence-corrected chi connectivity index (χ3v) is 7.70. The number of H-pyrrole nitrogens is 1. The summed E-state index contributed by atoms with van der Waals surface area (Å²) in [5, 5.41) is 2.42. The first-order valence-corrected chi connectivity index (χ1v) is 13.6. The first-order chi connectivity index (χ1) is 16.6. The number of benzene rings is 2. The molecule has 3 heterocycles. The molecular formula is C25H24ClN3O3S2. The van der Waals surface area contributed by atoms with Crippen LogP contribution in [-0.2, 0) is 16.9 Å². The van der Waals surface area contributed by atoms with Gasteiger partial charge in [-0.15, -0.1) is 0 Å². The smallest absolute Gasteiger partial charge is 0.410 e. The summed E-state index contributed by atoms with van der Waals surface area (Å²) in [6, 6.07) is 13.4. The summed E-state index contributed by atoms with van der Waals surface area (Å²) >= 11 is 9.58. The lowest BCUT2D eigenvalue weighted by Gasteiger charge is -2.35. The van der Waals surface area contributed by atoms with Crippen molar-refractivity contribution in [2.75, 3.05) is 19.4 Å². The number of carbonyl (C=O) groups excluding carboxylic acids is 1. The molecule has 0 radical (unpaired) electrons. The topological polar surface area (TPSA) is 67.5 Å². The molecule has 1 aliphatic heterocycles. The molecule has 1 atom stereocenters. The number of fused-ring (bicyclic) bond motifs is 3. The zero-order valence-electron chi connectivity index (χ0n) is 18.8. The SMILES string of the molecule is CCOC(=O)N1CCc2c([nH]c3ccc(Cl)cc23)[C@@H]1c1ccc(Oc2ncc(CSC)s2)cc1. The van der Waals surface area contributed by atoms with Gasteiger partial charge in [0.15, 0.2) is 0 Å². The van der Waals surface area contributed by atoms with Crippen LogP contribution in [0, 0.1) is 0 Å². The van der Waals surface area contributed by atoms with Gasteiger partial charge >= 0.3 is 6.09 Å². The highest BCUT2D eigenvalue weighted by Gasteiger charge is 2.35. The zero-order valence-corrected chi connectivity index (χ0v) is 21.2. The van der Waals surface area contributed by atoms with E-state index in [0.717, 1.165) is 34.3 Å². The first kappa shape index (κ1) is 23.1. The van der Waals surface area contributed by atoms with Crippen LogP contribution in [0.25, 0.3) is 10.9 Å². The van der Waals surface area contributed by atoms with Crippen molar-refractivity contribution in [3.05, 3.63) is 75.4 Å². The Bertz CT molecular complexity index is 1320. The Morgan fingerprint density at radius 1 is 1.29 bits per heavy atom. The molecule has 4 aromatic rings. The van der Waals surface area contributed by atoms with Crippen LogP contribution in [-0.4, -0.2) is 40.4 Å². The van der Waals surface area contributed by atoms with Gasteiger partial charge in [0.2, 0.25) is 0 Å². The lowest BCUT2D eigenvalue weighted by Crippen LogP contribution is -2.40. The molecule has 0 unspecified atom stereocenters. The van der Waals surface area contributed by atoms with Crippen molar-refractivity contribution in [3.63, 3.8) is 0 Å². The van der Waals surface area contributed by atoms with Crippen LogP contribution >= 0.6 is 34.7 Å². The fourth-order valence-electron chi connectivity index (χ4n) is 4.38. The fourth-order valence-corrected chi connectivity index (χ4v) is 6.07. The molecule has 1 aliphatic rings. The van der Waals surface area contributed by atoms with E-state index in [1.165, 1.54) is 10.4 Å². The average Bonchev–Trinajstić information content (AvgIpc) is 3.43. The number of hydrogen-bond donors (Lipinski definition) is 1. The van der Waals surface area contributed by atoms with Crippen molar-refractivity contribution in [2.45, 2.75) is 25.1 Å². The standard InChI is InChI=1S/C25H24ClN3O3S2/c1-3-31-25(30)29-11-10-19-20-12-16(26)6-9-21(20)28-22(19)23(29)15-4-7-17(8-5-15)32-24-27-13-18(34-24)14-33-2/h4-9,12-13,23,28H,3,10-11,14H2,1-2H3/t23-/m0/s1. The molecule has 0 saturated carbocycles. The van der Waals surface area contributed by atoms with Gasteiger partial charge in [0.25, 0.3) is 5.19 Å². The number of aromatic amines is 1. The predicted molar refractivity (Wildman–Crippen MR) is 138 cm³/mol. The van der Waals surface area contributed by atoms with Crippen LogP contribution in [0.1, 0.15) is 34.7 Å². The van der Waals surface area contributed by atoms with E-state index >= 15 is 0 Å². The lowest BCUT2D eigenvalue weighted by molar-refractivity contribution is 0.0932. The van der Waals surface area contributed by atoms with E-state index in [9.17, 15) is 4.79 Å². The summed E-state index contributed by atoms with van der Waals surface area (Å²) in [5.74, 6) is 1.62. The molecule has 2 aromatic carbocycles. The number of carbonyl (C=O) groups is 1. The number of thiazole rings is 1. The highest BCUT2D eigenvalue weighted by Crippen LogP contribution is 2.40. The number of hydrogen-bond acceptors (Lipinski definition) is 6. The Balaban J connectivity index is 1.48. The number of nitrogens with one attached hydrogen (secondary N) is 1. The van der Waals surface area contributed by atoms with Crippen LogP contribution in [0.2, 0.25) is 5.02 Å². The first-order valence-electron chi connectivity index (χ1n) is 11.0. The Morgan fingerprint density at radius 3 is 2.88 bits per heavy atom. The quantitative estimate of drug-likeness (QED) is 0.299. The maximum absolute atomic E-state index is 12.9. The second kappa shape index (κ2) is 9.90. The van der Waals surface area contributed by atoms with Gasteiger partial charge in [-0.1, -0.05) is 35.1 Å². The van der Waals surface area contributed by atoms with Gasteiger partial charge in [-0.2, -0.15) is 11.8 Å². The van der Waals surface area contributed by atoms with E-state index in [1.807, 2.05) is 55.6 Å². The van der Waals surface area contributed by atoms with Crippen molar-refractivity contribution in [1.29, 1.82) is 0 Å². The van der Waals surface area contributed by atoms with Gasteiger partial charge < -0.3 is 14.5 Å². The van der Waals surface area contributed by atoms with E-state index in [2.05, 4.69) is 16.2 Å². The monoisotopic (exact) mass is 513 g/mol. The fraction of sp³-hybridized carbons (Fsp3) is 0.280. The van der Waals surface area contributed by atoms with Crippen LogP contribution in [0.4, 0.5) is 4.79 Å². The molecule has 0 fully saturated rings. The number of nitrogens with zero attached hydrogens (tertiary/aromatic N) is 2. The summed E-state index contributed by atoms with van der Waals surface area (Å²) in [7, 11) is 0. The molecule has 0 aliphatic carbocycles. The van der Waals surface area contributed by atoms with Gasteiger partial charge in [-0.3, -0.25) is 4.90 Å². The highest BCUT2D eigenvalue weighted by atomic mass is 35.5. The molecule has 34 heavy (non-hydrogen) atoms. The van der Waals surface area contributed by atoms with Gasteiger partial charge in [0, 0.05) is 45.0 Å². The van der Waals surface area contributed by atoms with Crippen molar-refractivity contribution in [1.82, 2.24) is 14.9 Å². The second-order valence-corrected chi connectivity index (χ2v) is 10.3. The minimum absolute atomic E-state index is 0.295. The predicted octanol–water partition coefficient (Wildman–Crippen LogP) is 7.04. The maximum Gasteiger partial charge on any atom is 0.410 e. The summed E-state index contributed by atoms with van der Waals surface area (Å²) in [4.78, 5) is 23.7. The second-order valence-electron chi connectivity index (χ2n) is 7.95. The number of amides is 1. The van der Waals surface area contributed by atoms with Crippen LogP contribution < -0.4 is 4.74 Å². The lowest BCUT2D eigenvalue weighted by atomic mass is 9.92. The Labute approximate surface area is 211 Å². The normalized spacial score (nSPS) is 15.4. The van der Waals surface area contributed by atoms with Crippen molar-refractivity contribution in [2.24, 2.45) is 0 Å². The molecule has 0 saturated heterocycles. The number of halogens is 1. The maximum atomic E-state index is 12.9. The Hall–Kier alpha value is -2.68. The largest absolute Gasteiger partial charge is 0.450 e. The molecule has 1 amide bonds. The Kier molecular flexibility index (Phi) is 6.72.